The van der Waals surface area contributed by atoms with E-state index in [1.807, 2.05) is 66.7 Å². The molecule has 0 atom stereocenters. The number of amides is 2. The van der Waals surface area contributed by atoms with Crippen molar-refractivity contribution in [2.75, 3.05) is 19.0 Å². The normalized spacial score (nSPS) is 13.6. The highest BCUT2D eigenvalue weighted by atomic mass is 16.5. The Bertz CT molecular complexity index is 1130. The van der Waals surface area contributed by atoms with Crippen LogP contribution in [0.15, 0.2) is 84.6 Å². The summed E-state index contributed by atoms with van der Waals surface area (Å²) in [6.45, 7) is 2.41. The summed E-state index contributed by atoms with van der Waals surface area (Å²) in [5, 5.41) is 3.21. The maximum absolute atomic E-state index is 13.4. The molecule has 0 fully saturated rings. The Morgan fingerprint density at radius 2 is 1.50 bits per heavy atom. The second kappa shape index (κ2) is 9.52. The highest BCUT2D eigenvalue weighted by molar-refractivity contribution is 6.36. The molecule has 0 spiro atoms. The lowest BCUT2D eigenvalue weighted by atomic mass is 10.0. The topological polar surface area (TPSA) is 58.6 Å². The molecule has 1 aliphatic rings. The van der Waals surface area contributed by atoms with Gasteiger partial charge >= 0.3 is 0 Å². The molecule has 0 aliphatic carbocycles. The van der Waals surface area contributed by atoms with Gasteiger partial charge in [0.15, 0.2) is 0 Å². The second-order valence-corrected chi connectivity index (χ2v) is 7.65. The largest absolute Gasteiger partial charge is 0.497 e. The van der Waals surface area contributed by atoms with Crippen molar-refractivity contribution in [3.63, 3.8) is 0 Å². The predicted molar refractivity (Wildman–Crippen MR) is 126 cm³/mol. The Labute approximate surface area is 188 Å². The summed E-state index contributed by atoms with van der Waals surface area (Å²) >= 11 is 0. The van der Waals surface area contributed by atoms with Crippen LogP contribution in [-0.2, 0) is 22.4 Å². The number of nitrogens with one attached hydrogen (secondary N) is 1. The van der Waals surface area contributed by atoms with Crippen LogP contribution >= 0.6 is 0 Å². The van der Waals surface area contributed by atoms with Gasteiger partial charge in [0.1, 0.15) is 11.4 Å². The lowest BCUT2D eigenvalue weighted by Crippen LogP contribution is -2.34. The number of ether oxygens (including phenoxy) is 1. The van der Waals surface area contributed by atoms with Gasteiger partial charge in [-0.15, -0.1) is 0 Å². The first-order valence-electron chi connectivity index (χ1n) is 10.8. The van der Waals surface area contributed by atoms with Gasteiger partial charge in [-0.3, -0.25) is 14.5 Å². The van der Waals surface area contributed by atoms with E-state index in [0.29, 0.717) is 35.5 Å². The number of nitrogens with zero attached hydrogens (tertiary/aromatic N) is 1. The van der Waals surface area contributed by atoms with Gasteiger partial charge in [-0.05, 0) is 53.8 Å². The molecule has 1 N–H and O–H groups in total. The average Bonchev–Trinajstić information content (AvgIpc) is 3.07. The highest BCUT2D eigenvalue weighted by Crippen LogP contribution is 2.31. The first-order valence-corrected chi connectivity index (χ1v) is 10.8. The van der Waals surface area contributed by atoms with Crippen molar-refractivity contribution < 1.29 is 14.3 Å². The molecule has 2 amide bonds. The minimum absolute atomic E-state index is 0.288. The van der Waals surface area contributed by atoms with Crippen molar-refractivity contribution in [1.29, 1.82) is 0 Å². The molecule has 162 valence electrons. The fourth-order valence-corrected chi connectivity index (χ4v) is 3.77. The van der Waals surface area contributed by atoms with Gasteiger partial charge in [-0.2, -0.15) is 0 Å². The molecule has 32 heavy (non-hydrogen) atoms. The van der Waals surface area contributed by atoms with E-state index in [9.17, 15) is 9.59 Å². The minimum Gasteiger partial charge on any atom is -0.497 e. The number of carbonyl (C=O) groups excluding carboxylic acids is 2. The zero-order chi connectivity index (χ0) is 22.5. The van der Waals surface area contributed by atoms with E-state index in [2.05, 4.69) is 12.2 Å². The Morgan fingerprint density at radius 1 is 0.812 bits per heavy atom. The van der Waals surface area contributed by atoms with Crippen molar-refractivity contribution in [3.8, 4) is 5.75 Å². The van der Waals surface area contributed by atoms with E-state index in [4.69, 9.17) is 4.74 Å². The molecule has 0 saturated carbocycles. The van der Waals surface area contributed by atoms with Crippen molar-refractivity contribution in [2.45, 2.75) is 19.8 Å². The number of aryl methyl sites for hydroxylation is 1. The molecule has 0 unspecified atom stereocenters. The van der Waals surface area contributed by atoms with E-state index >= 15 is 0 Å². The van der Waals surface area contributed by atoms with Crippen molar-refractivity contribution in [1.82, 2.24) is 4.90 Å². The van der Waals surface area contributed by atoms with E-state index in [1.165, 1.54) is 10.5 Å². The van der Waals surface area contributed by atoms with Crippen LogP contribution in [-0.4, -0.2) is 30.4 Å². The van der Waals surface area contributed by atoms with Gasteiger partial charge in [0.25, 0.3) is 11.8 Å². The van der Waals surface area contributed by atoms with E-state index in [1.54, 1.807) is 19.2 Å². The van der Waals surface area contributed by atoms with Gasteiger partial charge < -0.3 is 10.1 Å². The van der Waals surface area contributed by atoms with Crippen LogP contribution in [0.4, 0.5) is 5.69 Å². The number of hydrogen-bond acceptors (Lipinski definition) is 4. The molecule has 1 heterocycles. The molecule has 5 nitrogen and oxygen atoms in total. The van der Waals surface area contributed by atoms with Gasteiger partial charge in [0.2, 0.25) is 0 Å². The number of imide groups is 1. The molecule has 0 bridgehead atoms. The molecule has 0 aromatic heterocycles. The van der Waals surface area contributed by atoms with Crippen LogP contribution in [0.1, 0.15) is 23.6 Å². The van der Waals surface area contributed by atoms with Crippen molar-refractivity contribution in [2.24, 2.45) is 0 Å². The first-order chi connectivity index (χ1) is 15.6. The number of methoxy groups -OCH3 is 1. The standard InChI is InChI=1S/C27H26N2O3/c1-3-19-9-13-22(14-10-19)28-25-24(21-11-15-23(32-2)16-12-21)26(30)29(27(25)31)18-17-20-7-5-4-6-8-20/h4-16,28H,3,17-18H2,1-2H3. The van der Waals surface area contributed by atoms with Gasteiger partial charge in [-0.1, -0.05) is 61.5 Å². The van der Waals surface area contributed by atoms with E-state index < -0.39 is 0 Å². The summed E-state index contributed by atoms with van der Waals surface area (Å²) in [6, 6.07) is 25.0. The Balaban J connectivity index is 1.65. The van der Waals surface area contributed by atoms with Crippen LogP contribution in [0.3, 0.4) is 0 Å². The Hall–Kier alpha value is -3.86. The first kappa shape index (κ1) is 21.4. The van der Waals surface area contributed by atoms with Crippen LogP contribution in [0.25, 0.3) is 5.57 Å². The summed E-state index contributed by atoms with van der Waals surface area (Å²) in [7, 11) is 1.59. The zero-order valence-corrected chi connectivity index (χ0v) is 18.3. The van der Waals surface area contributed by atoms with Gasteiger partial charge in [0.05, 0.1) is 12.7 Å². The lowest BCUT2D eigenvalue weighted by molar-refractivity contribution is -0.136. The average molecular weight is 427 g/mol. The number of carbonyl (C=O) groups is 2. The minimum atomic E-state index is -0.309. The van der Waals surface area contributed by atoms with Crippen LogP contribution in [0, 0.1) is 0 Å². The monoisotopic (exact) mass is 426 g/mol. The van der Waals surface area contributed by atoms with Crippen LogP contribution < -0.4 is 10.1 Å². The fraction of sp³-hybridized carbons (Fsp3) is 0.185. The quantitative estimate of drug-likeness (QED) is 0.531. The molecule has 4 rings (SSSR count). The third-order valence-electron chi connectivity index (χ3n) is 5.65. The summed E-state index contributed by atoms with van der Waals surface area (Å²) in [5.74, 6) is 0.0943. The molecule has 0 radical (unpaired) electrons. The number of rotatable bonds is 8. The Morgan fingerprint density at radius 3 is 2.12 bits per heavy atom. The molecule has 1 aliphatic heterocycles. The third-order valence-corrected chi connectivity index (χ3v) is 5.65. The molecule has 3 aromatic carbocycles. The number of hydrogen-bond donors (Lipinski definition) is 1. The maximum atomic E-state index is 13.4. The van der Waals surface area contributed by atoms with E-state index in [-0.39, 0.29) is 11.8 Å². The smallest absolute Gasteiger partial charge is 0.278 e. The SMILES string of the molecule is CCc1ccc(NC2=C(c3ccc(OC)cc3)C(=O)N(CCc3ccccc3)C2=O)cc1. The van der Waals surface area contributed by atoms with Crippen LogP contribution in [0.5, 0.6) is 5.75 Å². The number of anilines is 1. The van der Waals surface area contributed by atoms with Crippen molar-refractivity contribution >= 4 is 23.1 Å². The molecule has 0 saturated heterocycles. The van der Waals surface area contributed by atoms with Crippen LogP contribution in [0.2, 0.25) is 0 Å². The Kier molecular flexibility index (Phi) is 6.36. The zero-order valence-electron chi connectivity index (χ0n) is 18.3. The molecular weight excluding hydrogens is 400 g/mol. The highest BCUT2D eigenvalue weighted by Gasteiger charge is 2.38. The maximum Gasteiger partial charge on any atom is 0.278 e. The fourth-order valence-electron chi connectivity index (χ4n) is 3.77. The summed E-state index contributed by atoms with van der Waals surface area (Å²) in [5.41, 5.74) is 4.42. The second-order valence-electron chi connectivity index (χ2n) is 7.65. The summed E-state index contributed by atoms with van der Waals surface area (Å²) in [4.78, 5) is 28.0. The van der Waals surface area contributed by atoms with Gasteiger partial charge in [0, 0.05) is 12.2 Å². The molecule has 5 heteroatoms. The van der Waals surface area contributed by atoms with E-state index in [0.717, 1.165) is 17.7 Å². The molecule has 3 aromatic rings. The van der Waals surface area contributed by atoms with Gasteiger partial charge in [-0.25, -0.2) is 0 Å². The molecular formula is C27H26N2O3. The lowest BCUT2D eigenvalue weighted by Gasteiger charge is -2.15. The van der Waals surface area contributed by atoms with Crippen molar-refractivity contribution in [3.05, 3.63) is 101 Å². The predicted octanol–water partition coefficient (Wildman–Crippen LogP) is 4.69. The summed E-state index contributed by atoms with van der Waals surface area (Å²) < 4.78 is 5.24. The summed E-state index contributed by atoms with van der Waals surface area (Å²) in [6.07, 6.45) is 1.54. The number of benzene rings is 3. The third kappa shape index (κ3) is 4.42.